The number of hydrogen-bond donors (Lipinski definition) is 1. The summed E-state index contributed by atoms with van der Waals surface area (Å²) in [4.78, 5) is 0. The fourth-order valence-corrected chi connectivity index (χ4v) is 5.36. The van der Waals surface area contributed by atoms with Crippen molar-refractivity contribution in [3.05, 3.63) is 151 Å². The summed E-state index contributed by atoms with van der Waals surface area (Å²) in [6.07, 6.45) is 7.75. The lowest BCUT2D eigenvalue weighted by Gasteiger charge is -2.15. The minimum atomic E-state index is 0.753. The van der Waals surface area contributed by atoms with Crippen LogP contribution in [0.1, 0.15) is 18.9 Å². The summed E-state index contributed by atoms with van der Waals surface area (Å²) in [5.41, 5.74) is 9.70. The average molecular weight is 505 g/mol. The van der Waals surface area contributed by atoms with Crippen LogP contribution in [-0.4, -0.2) is 11.1 Å². The first kappa shape index (κ1) is 24.5. The van der Waals surface area contributed by atoms with Gasteiger partial charge in [0.15, 0.2) is 0 Å². The molecule has 5 aromatic carbocycles. The molecule has 0 atom stereocenters. The van der Waals surface area contributed by atoms with E-state index >= 15 is 0 Å². The fraction of sp³-hybridized carbons (Fsp3) is 0.0811. The molecule has 1 heterocycles. The van der Waals surface area contributed by atoms with Crippen LogP contribution in [0.2, 0.25) is 0 Å². The molecule has 2 heteroatoms. The molecule has 0 amide bonds. The highest BCUT2D eigenvalue weighted by Gasteiger charge is 2.14. The van der Waals surface area contributed by atoms with Gasteiger partial charge in [-0.3, -0.25) is 0 Å². The summed E-state index contributed by atoms with van der Waals surface area (Å²) in [5, 5.41) is 6.10. The second-order valence-electron chi connectivity index (χ2n) is 9.68. The first-order valence-corrected chi connectivity index (χ1v) is 13.7. The molecule has 6 rings (SSSR count). The van der Waals surface area contributed by atoms with Crippen molar-refractivity contribution in [3.8, 4) is 16.8 Å². The molecule has 0 saturated heterocycles. The first-order valence-electron chi connectivity index (χ1n) is 13.7. The van der Waals surface area contributed by atoms with Gasteiger partial charge in [0.1, 0.15) is 0 Å². The average Bonchev–Trinajstić information content (AvgIpc) is 3.34. The number of benzene rings is 5. The molecular weight excluding hydrogens is 472 g/mol. The monoisotopic (exact) mass is 504 g/mol. The predicted octanol–water partition coefficient (Wildman–Crippen LogP) is 9.91. The number of rotatable bonds is 8. The standard InChI is InChI=1S/C37H32N2/c1-2-13-30(16-12-27-38-31-25-23-29(24-26-31)28-14-4-3-5-15-28)32-17-6-9-20-35(32)39-36-21-10-7-18-33(36)34-19-8-11-22-37(34)39/h3-26,38H,2,27H2,1H3/b16-12-,30-13+. The topological polar surface area (TPSA) is 17.0 Å². The summed E-state index contributed by atoms with van der Waals surface area (Å²) in [6.45, 7) is 2.95. The molecule has 0 bridgehead atoms. The van der Waals surface area contributed by atoms with E-state index in [4.69, 9.17) is 0 Å². The lowest BCUT2D eigenvalue weighted by molar-refractivity contribution is 1.16. The molecule has 6 aromatic rings. The second kappa shape index (κ2) is 11.3. The molecule has 1 N–H and O–H groups in total. The normalized spacial score (nSPS) is 12.0. The SMILES string of the molecule is CC/C=C(\C=C/CNc1ccc(-c2ccccc2)cc1)c1ccccc1-n1c2ccccc2c2ccccc21. The molecule has 0 fully saturated rings. The highest BCUT2D eigenvalue weighted by atomic mass is 15.0. The van der Waals surface area contributed by atoms with Gasteiger partial charge in [0.2, 0.25) is 0 Å². The Morgan fingerprint density at radius 2 is 1.23 bits per heavy atom. The third-order valence-electron chi connectivity index (χ3n) is 7.17. The number of allylic oxidation sites excluding steroid dienone is 3. The molecule has 2 nitrogen and oxygen atoms in total. The number of para-hydroxylation sites is 3. The van der Waals surface area contributed by atoms with E-state index in [-0.39, 0.29) is 0 Å². The molecule has 190 valence electrons. The third-order valence-corrected chi connectivity index (χ3v) is 7.17. The number of hydrogen-bond acceptors (Lipinski definition) is 1. The quantitative estimate of drug-likeness (QED) is 0.204. The maximum Gasteiger partial charge on any atom is 0.0541 e. The largest absolute Gasteiger partial charge is 0.382 e. The van der Waals surface area contributed by atoms with E-state index in [9.17, 15) is 0 Å². The molecule has 0 unspecified atom stereocenters. The summed E-state index contributed by atoms with van der Waals surface area (Å²) >= 11 is 0. The van der Waals surface area contributed by atoms with Gasteiger partial charge in [-0.25, -0.2) is 0 Å². The van der Waals surface area contributed by atoms with Crippen LogP contribution in [0.5, 0.6) is 0 Å². The zero-order valence-corrected chi connectivity index (χ0v) is 22.2. The molecule has 0 aliphatic heterocycles. The highest BCUT2D eigenvalue weighted by Crippen LogP contribution is 2.35. The van der Waals surface area contributed by atoms with Gasteiger partial charge >= 0.3 is 0 Å². The van der Waals surface area contributed by atoms with Crippen molar-refractivity contribution < 1.29 is 0 Å². The smallest absolute Gasteiger partial charge is 0.0541 e. The van der Waals surface area contributed by atoms with Gasteiger partial charge in [0, 0.05) is 28.6 Å². The maximum absolute atomic E-state index is 3.54. The van der Waals surface area contributed by atoms with E-state index in [2.05, 4.69) is 156 Å². The zero-order valence-electron chi connectivity index (χ0n) is 22.2. The fourth-order valence-electron chi connectivity index (χ4n) is 5.36. The lowest BCUT2D eigenvalue weighted by Crippen LogP contribution is -2.00. The summed E-state index contributed by atoms with van der Waals surface area (Å²) in [6, 6.07) is 45.3. The molecule has 0 spiro atoms. The summed E-state index contributed by atoms with van der Waals surface area (Å²) in [7, 11) is 0. The molecule has 39 heavy (non-hydrogen) atoms. The highest BCUT2D eigenvalue weighted by molar-refractivity contribution is 6.09. The van der Waals surface area contributed by atoms with Crippen molar-refractivity contribution in [2.24, 2.45) is 0 Å². The summed E-state index contributed by atoms with van der Waals surface area (Å²) < 4.78 is 2.41. The Kier molecular flexibility index (Phi) is 7.09. The third kappa shape index (κ3) is 5.02. The van der Waals surface area contributed by atoms with Crippen LogP contribution in [0.3, 0.4) is 0 Å². The Bertz CT molecular complexity index is 1720. The Morgan fingerprint density at radius 3 is 1.92 bits per heavy atom. The Balaban J connectivity index is 1.27. The number of anilines is 1. The minimum Gasteiger partial charge on any atom is -0.382 e. The molecular formula is C37H32N2. The van der Waals surface area contributed by atoms with Crippen LogP contribution in [0.15, 0.2) is 146 Å². The lowest BCUT2D eigenvalue weighted by atomic mass is 10.0. The van der Waals surface area contributed by atoms with Crippen LogP contribution < -0.4 is 5.32 Å². The molecule has 0 aliphatic carbocycles. The van der Waals surface area contributed by atoms with Crippen LogP contribution in [0.4, 0.5) is 5.69 Å². The Hall–Kier alpha value is -4.82. The Morgan fingerprint density at radius 1 is 0.641 bits per heavy atom. The first-order chi connectivity index (χ1) is 19.3. The number of fused-ring (bicyclic) bond motifs is 3. The molecule has 0 radical (unpaired) electrons. The van der Waals surface area contributed by atoms with E-state index in [0.717, 1.165) is 18.7 Å². The van der Waals surface area contributed by atoms with E-state index in [0.29, 0.717) is 0 Å². The molecule has 0 saturated carbocycles. The van der Waals surface area contributed by atoms with Crippen molar-refractivity contribution in [2.45, 2.75) is 13.3 Å². The van der Waals surface area contributed by atoms with Crippen molar-refractivity contribution in [3.63, 3.8) is 0 Å². The van der Waals surface area contributed by atoms with Gasteiger partial charge in [0.05, 0.1) is 16.7 Å². The van der Waals surface area contributed by atoms with Crippen LogP contribution in [-0.2, 0) is 0 Å². The predicted molar refractivity (Wildman–Crippen MR) is 169 cm³/mol. The van der Waals surface area contributed by atoms with Gasteiger partial charge in [-0.05, 0) is 53.5 Å². The maximum atomic E-state index is 3.54. The minimum absolute atomic E-state index is 0.753. The second-order valence-corrected chi connectivity index (χ2v) is 9.68. The van der Waals surface area contributed by atoms with E-state index in [1.54, 1.807) is 0 Å². The van der Waals surface area contributed by atoms with Gasteiger partial charge in [-0.2, -0.15) is 0 Å². The van der Waals surface area contributed by atoms with Crippen LogP contribution in [0, 0.1) is 0 Å². The van der Waals surface area contributed by atoms with Gasteiger partial charge in [-0.1, -0.05) is 122 Å². The zero-order chi connectivity index (χ0) is 26.4. The Labute approximate surface area is 230 Å². The van der Waals surface area contributed by atoms with E-state index in [1.807, 2.05) is 6.07 Å². The van der Waals surface area contributed by atoms with Gasteiger partial charge in [-0.15, -0.1) is 0 Å². The van der Waals surface area contributed by atoms with Crippen LogP contribution >= 0.6 is 0 Å². The van der Waals surface area contributed by atoms with Crippen molar-refractivity contribution in [1.29, 1.82) is 0 Å². The van der Waals surface area contributed by atoms with Crippen LogP contribution in [0.25, 0.3) is 44.2 Å². The van der Waals surface area contributed by atoms with Crippen molar-refractivity contribution >= 4 is 33.1 Å². The molecule has 0 aliphatic rings. The van der Waals surface area contributed by atoms with Gasteiger partial charge in [0.25, 0.3) is 0 Å². The number of nitrogens with one attached hydrogen (secondary N) is 1. The van der Waals surface area contributed by atoms with Crippen molar-refractivity contribution in [2.75, 3.05) is 11.9 Å². The summed E-state index contributed by atoms with van der Waals surface area (Å²) in [5.74, 6) is 0. The number of nitrogens with zero attached hydrogens (tertiary/aromatic N) is 1. The van der Waals surface area contributed by atoms with Gasteiger partial charge < -0.3 is 9.88 Å². The van der Waals surface area contributed by atoms with Crippen molar-refractivity contribution in [1.82, 2.24) is 4.57 Å². The molecule has 1 aromatic heterocycles. The van der Waals surface area contributed by atoms with E-state index < -0.39 is 0 Å². The van der Waals surface area contributed by atoms with E-state index in [1.165, 1.54) is 49.8 Å². The number of aromatic nitrogens is 1.